The van der Waals surface area contributed by atoms with Gasteiger partial charge in [-0.15, -0.1) is 0 Å². The number of nitrogens with zero attached hydrogens (tertiary/aromatic N) is 3. The maximum absolute atomic E-state index is 12.5. The van der Waals surface area contributed by atoms with Crippen molar-refractivity contribution in [3.05, 3.63) is 0 Å². The first kappa shape index (κ1) is 17.5. The van der Waals surface area contributed by atoms with E-state index < -0.39 is 31.3 Å². The second-order valence-corrected chi connectivity index (χ2v) is 5.40. The summed E-state index contributed by atoms with van der Waals surface area (Å²) >= 11 is 0. The highest BCUT2D eigenvalue weighted by atomic mass is 19.4. The number of carbonyl (C=O) groups is 2. The van der Waals surface area contributed by atoms with Crippen molar-refractivity contribution in [1.82, 2.24) is 14.7 Å². The molecule has 0 aliphatic carbocycles. The molecule has 1 unspecified atom stereocenters. The van der Waals surface area contributed by atoms with Crippen molar-refractivity contribution in [3.8, 4) is 0 Å². The lowest BCUT2D eigenvalue weighted by Crippen LogP contribution is -2.51. The molecule has 6 nitrogen and oxygen atoms in total. The van der Waals surface area contributed by atoms with Gasteiger partial charge in [-0.1, -0.05) is 0 Å². The fourth-order valence-electron chi connectivity index (χ4n) is 2.45. The van der Waals surface area contributed by atoms with Crippen LogP contribution in [0.4, 0.5) is 18.0 Å². The molecule has 9 heteroatoms. The van der Waals surface area contributed by atoms with Crippen LogP contribution in [0.3, 0.4) is 0 Å². The van der Waals surface area contributed by atoms with E-state index in [2.05, 4.69) is 0 Å². The summed E-state index contributed by atoms with van der Waals surface area (Å²) in [5, 5.41) is 8.70. The molecule has 1 saturated heterocycles. The maximum atomic E-state index is 12.5. The zero-order valence-electron chi connectivity index (χ0n) is 12.1. The van der Waals surface area contributed by atoms with Gasteiger partial charge in [0.05, 0.1) is 0 Å². The third-order valence-corrected chi connectivity index (χ3v) is 3.17. The number of urea groups is 1. The molecule has 0 aromatic carbocycles. The normalized spacial score (nSPS) is 19.1. The number of amides is 2. The number of alkyl halides is 3. The highest BCUT2D eigenvalue weighted by Crippen LogP contribution is 2.22. The smallest absolute Gasteiger partial charge is 0.406 e. The Balaban J connectivity index is 2.80. The van der Waals surface area contributed by atoms with Gasteiger partial charge in [0, 0.05) is 19.1 Å². The Morgan fingerprint density at radius 2 is 1.95 bits per heavy atom. The number of rotatable bonds is 5. The average molecular weight is 311 g/mol. The zero-order chi connectivity index (χ0) is 16.2. The lowest BCUT2D eigenvalue weighted by atomic mass is 10.2. The van der Waals surface area contributed by atoms with Crippen LogP contribution in [0.2, 0.25) is 0 Å². The summed E-state index contributed by atoms with van der Waals surface area (Å²) in [4.78, 5) is 26.4. The van der Waals surface area contributed by atoms with Gasteiger partial charge in [-0.2, -0.15) is 13.2 Å². The predicted molar refractivity (Wildman–Crippen MR) is 68.9 cm³/mol. The highest BCUT2D eigenvalue weighted by Gasteiger charge is 2.38. The molecule has 1 aliphatic heterocycles. The van der Waals surface area contributed by atoms with Crippen molar-refractivity contribution >= 4 is 12.0 Å². The van der Waals surface area contributed by atoms with Gasteiger partial charge in [-0.25, -0.2) is 4.79 Å². The molecule has 0 bridgehead atoms. The molecule has 0 aromatic rings. The van der Waals surface area contributed by atoms with Gasteiger partial charge in [0.1, 0.15) is 13.1 Å². The Morgan fingerprint density at radius 1 is 1.33 bits per heavy atom. The van der Waals surface area contributed by atoms with Gasteiger partial charge in [0.15, 0.2) is 0 Å². The SMILES string of the molecule is CN(C)CC1CCCN1C(=O)N(CC(=O)O)CC(F)(F)F. The van der Waals surface area contributed by atoms with Crippen LogP contribution in [0, 0.1) is 0 Å². The van der Waals surface area contributed by atoms with Crippen molar-refractivity contribution in [2.45, 2.75) is 25.1 Å². The number of carboxylic acid groups (broad SMARTS) is 1. The Kier molecular flexibility index (Phi) is 5.82. The molecule has 0 spiro atoms. The minimum atomic E-state index is -4.62. The van der Waals surface area contributed by atoms with Gasteiger partial charge >= 0.3 is 18.2 Å². The molecular formula is C12H20F3N3O3. The third-order valence-electron chi connectivity index (χ3n) is 3.17. The lowest BCUT2D eigenvalue weighted by Gasteiger charge is -2.32. The van der Waals surface area contributed by atoms with Crippen LogP contribution >= 0.6 is 0 Å². The molecule has 1 rings (SSSR count). The van der Waals surface area contributed by atoms with Gasteiger partial charge in [-0.05, 0) is 26.9 Å². The maximum Gasteiger partial charge on any atom is 0.406 e. The van der Waals surface area contributed by atoms with Crippen molar-refractivity contribution in [2.24, 2.45) is 0 Å². The van der Waals surface area contributed by atoms with Gasteiger partial charge in [-0.3, -0.25) is 4.79 Å². The van der Waals surface area contributed by atoms with Crippen LogP contribution in [0.25, 0.3) is 0 Å². The van der Waals surface area contributed by atoms with E-state index in [1.54, 1.807) is 0 Å². The first-order valence-corrected chi connectivity index (χ1v) is 6.59. The molecule has 1 heterocycles. The summed E-state index contributed by atoms with van der Waals surface area (Å²) in [6.45, 7) is -1.61. The number of hydrogen-bond acceptors (Lipinski definition) is 3. The second kappa shape index (κ2) is 6.97. The average Bonchev–Trinajstić information content (AvgIpc) is 2.71. The summed E-state index contributed by atoms with van der Waals surface area (Å²) in [5.41, 5.74) is 0. The number of aliphatic carboxylic acids is 1. The monoisotopic (exact) mass is 311 g/mol. The van der Waals surface area contributed by atoms with E-state index in [9.17, 15) is 22.8 Å². The topological polar surface area (TPSA) is 64.1 Å². The largest absolute Gasteiger partial charge is 0.480 e. The van der Waals surface area contributed by atoms with E-state index in [1.807, 2.05) is 19.0 Å². The van der Waals surface area contributed by atoms with Crippen molar-refractivity contribution < 1.29 is 27.9 Å². The standard InChI is InChI=1S/C12H20F3N3O3/c1-16(2)6-9-4-3-5-18(9)11(21)17(7-10(19)20)8-12(13,14)15/h9H,3-8H2,1-2H3,(H,19,20). The molecule has 0 radical (unpaired) electrons. The van der Waals surface area contributed by atoms with E-state index in [1.165, 1.54) is 4.90 Å². The third kappa shape index (κ3) is 5.78. The summed E-state index contributed by atoms with van der Waals surface area (Å²) in [6, 6.07) is -1.05. The van der Waals surface area contributed by atoms with E-state index >= 15 is 0 Å². The van der Waals surface area contributed by atoms with E-state index in [4.69, 9.17) is 5.11 Å². The van der Waals surface area contributed by atoms with E-state index in [-0.39, 0.29) is 6.04 Å². The minimum absolute atomic E-state index is 0.183. The Labute approximate surface area is 121 Å². The number of likely N-dealkylation sites (N-methyl/N-ethyl adjacent to an activating group) is 1. The Bertz CT molecular complexity index is 388. The molecule has 21 heavy (non-hydrogen) atoms. The molecule has 1 fully saturated rings. The van der Waals surface area contributed by atoms with Gasteiger partial charge in [0.25, 0.3) is 0 Å². The van der Waals surface area contributed by atoms with Crippen molar-refractivity contribution in [1.29, 1.82) is 0 Å². The highest BCUT2D eigenvalue weighted by molar-refractivity contribution is 5.80. The van der Waals surface area contributed by atoms with Crippen LogP contribution in [-0.4, -0.2) is 84.3 Å². The number of likely N-dealkylation sites (tertiary alicyclic amines) is 1. The van der Waals surface area contributed by atoms with Gasteiger partial charge in [0.2, 0.25) is 0 Å². The molecule has 1 N–H and O–H groups in total. The summed E-state index contributed by atoms with van der Waals surface area (Å²) in [5.74, 6) is -1.46. The van der Waals surface area contributed by atoms with E-state index in [0.29, 0.717) is 30.8 Å². The van der Waals surface area contributed by atoms with Gasteiger partial charge < -0.3 is 19.8 Å². The predicted octanol–water partition coefficient (Wildman–Crippen LogP) is 1.08. The van der Waals surface area contributed by atoms with Crippen LogP contribution < -0.4 is 0 Å². The molecule has 2 amide bonds. The molecule has 1 atom stereocenters. The van der Waals surface area contributed by atoms with Crippen LogP contribution in [0.1, 0.15) is 12.8 Å². The lowest BCUT2D eigenvalue weighted by molar-refractivity contribution is -0.149. The van der Waals surface area contributed by atoms with Crippen molar-refractivity contribution in [3.63, 3.8) is 0 Å². The first-order chi connectivity index (χ1) is 9.60. The Hall–Kier alpha value is -1.51. The molecule has 0 aromatic heterocycles. The number of carbonyl (C=O) groups excluding carboxylic acids is 1. The number of halogens is 3. The van der Waals surface area contributed by atoms with E-state index in [0.717, 1.165) is 0 Å². The van der Waals surface area contributed by atoms with Crippen LogP contribution in [0.15, 0.2) is 0 Å². The Morgan fingerprint density at radius 3 is 2.43 bits per heavy atom. The van der Waals surface area contributed by atoms with Crippen LogP contribution in [0.5, 0.6) is 0 Å². The fraction of sp³-hybridized carbons (Fsp3) is 0.833. The molecule has 1 aliphatic rings. The molecule has 0 saturated carbocycles. The summed E-state index contributed by atoms with van der Waals surface area (Å²) in [7, 11) is 3.62. The molecule has 122 valence electrons. The van der Waals surface area contributed by atoms with Crippen molar-refractivity contribution in [2.75, 3.05) is 40.3 Å². The number of hydrogen-bond donors (Lipinski definition) is 1. The minimum Gasteiger partial charge on any atom is -0.480 e. The quantitative estimate of drug-likeness (QED) is 0.825. The number of carboxylic acids is 1. The zero-order valence-corrected chi connectivity index (χ0v) is 12.1. The second-order valence-electron chi connectivity index (χ2n) is 5.40. The molecular weight excluding hydrogens is 291 g/mol. The first-order valence-electron chi connectivity index (χ1n) is 6.59. The van der Waals surface area contributed by atoms with Crippen LogP contribution in [-0.2, 0) is 4.79 Å². The summed E-state index contributed by atoms with van der Waals surface area (Å²) in [6.07, 6.45) is -3.21. The fourth-order valence-corrected chi connectivity index (χ4v) is 2.45. The summed E-state index contributed by atoms with van der Waals surface area (Å²) < 4.78 is 37.5.